The highest BCUT2D eigenvalue weighted by Gasteiger charge is 2.19. The van der Waals surface area contributed by atoms with E-state index in [2.05, 4.69) is 15.9 Å². The molecule has 2 aromatic carbocycles. The van der Waals surface area contributed by atoms with Crippen LogP contribution >= 0.6 is 15.9 Å². The van der Waals surface area contributed by atoms with Crippen LogP contribution < -0.4 is 16.9 Å². The van der Waals surface area contributed by atoms with Gasteiger partial charge in [-0.05, 0) is 46.3 Å². The van der Waals surface area contributed by atoms with Gasteiger partial charge in [0.2, 0.25) is 5.71 Å². The van der Waals surface area contributed by atoms with Crippen molar-refractivity contribution in [3.05, 3.63) is 57.8 Å². The van der Waals surface area contributed by atoms with E-state index in [1.807, 2.05) is 0 Å². The lowest BCUT2D eigenvalue weighted by Crippen LogP contribution is -2.41. The van der Waals surface area contributed by atoms with E-state index in [4.69, 9.17) is 16.9 Å². The molecule has 0 saturated heterocycles. The highest BCUT2D eigenvalue weighted by molar-refractivity contribution is 9.10. The lowest BCUT2D eigenvalue weighted by atomic mass is 10.0. The summed E-state index contributed by atoms with van der Waals surface area (Å²) >= 11 is 3.35. The summed E-state index contributed by atoms with van der Waals surface area (Å²) in [4.78, 5) is 0. The predicted molar refractivity (Wildman–Crippen MR) is 74.5 cm³/mol. The van der Waals surface area contributed by atoms with Crippen molar-refractivity contribution < 1.29 is 9.80 Å². The standard InChI is InChI=1S/C13H11BrFN3/c14-12-10(17)5-4-9(16)11(12)13(18)7-2-1-3-8(15)6-7/h1-6,18H,16-17H2/p+1. The minimum Gasteiger partial charge on any atom is -0.398 e. The average Bonchev–Trinajstić information content (AvgIpc) is 2.34. The summed E-state index contributed by atoms with van der Waals surface area (Å²) in [7, 11) is 0. The van der Waals surface area contributed by atoms with Gasteiger partial charge in [0.15, 0.2) is 0 Å². The third kappa shape index (κ3) is 2.22. The quantitative estimate of drug-likeness (QED) is 0.578. The van der Waals surface area contributed by atoms with Gasteiger partial charge in [-0.25, -0.2) is 4.39 Å². The first-order valence-corrected chi connectivity index (χ1v) is 6.02. The fourth-order valence-corrected chi connectivity index (χ4v) is 2.26. The van der Waals surface area contributed by atoms with Crippen LogP contribution in [0.5, 0.6) is 0 Å². The van der Waals surface area contributed by atoms with Gasteiger partial charge < -0.3 is 11.5 Å². The van der Waals surface area contributed by atoms with E-state index in [0.29, 0.717) is 32.7 Å². The first-order chi connectivity index (χ1) is 8.50. The van der Waals surface area contributed by atoms with E-state index >= 15 is 0 Å². The van der Waals surface area contributed by atoms with Crippen LogP contribution in [-0.4, -0.2) is 5.71 Å². The number of anilines is 2. The van der Waals surface area contributed by atoms with E-state index in [9.17, 15) is 4.39 Å². The Morgan fingerprint density at radius 1 is 1.11 bits per heavy atom. The molecule has 2 aromatic rings. The summed E-state index contributed by atoms with van der Waals surface area (Å²) in [6.45, 7) is 0. The molecule has 0 heterocycles. The minimum absolute atomic E-state index is 0.353. The number of nitrogens with two attached hydrogens (primary N) is 3. The SMILES string of the molecule is Nc1ccc(N)c(C(=[NH2+])c2cccc(F)c2)c1Br. The molecule has 3 nitrogen and oxygen atoms in total. The molecule has 92 valence electrons. The summed E-state index contributed by atoms with van der Waals surface area (Å²) < 4.78 is 13.8. The van der Waals surface area contributed by atoms with Crippen molar-refractivity contribution in [1.82, 2.24) is 0 Å². The van der Waals surface area contributed by atoms with Gasteiger partial charge in [0.25, 0.3) is 0 Å². The fourth-order valence-electron chi connectivity index (χ4n) is 1.68. The summed E-state index contributed by atoms with van der Waals surface area (Å²) in [5.41, 5.74) is 14.2. The molecule has 0 amide bonds. The smallest absolute Gasteiger partial charge is 0.214 e. The van der Waals surface area contributed by atoms with Gasteiger partial charge >= 0.3 is 0 Å². The van der Waals surface area contributed by atoms with Crippen LogP contribution in [0.3, 0.4) is 0 Å². The van der Waals surface area contributed by atoms with Crippen molar-refractivity contribution in [2.75, 3.05) is 11.5 Å². The molecule has 0 aromatic heterocycles. The van der Waals surface area contributed by atoms with Crippen LogP contribution in [0, 0.1) is 5.82 Å². The van der Waals surface area contributed by atoms with E-state index in [1.165, 1.54) is 12.1 Å². The monoisotopic (exact) mass is 308 g/mol. The molecule has 0 saturated carbocycles. The van der Waals surface area contributed by atoms with Crippen molar-refractivity contribution in [1.29, 1.82) is 0 Å². The lowest BCUT2D eigenvalue weighted by Gasteiger charge is -2.08. The first kappa shape index (κ1) is 12.6. The molecule has 18 heavy (non-hydrogen) atoms. The Labute approximate surface area is 112 Å². The number of halogens is 2. The Morgan fingerprint density at radius 3 is 2.44 bits per heavy atom. The number of benzene rings is 2. The maximum Gasteiger partial charge on any atom is 0.214 e. The maximum absolute atomic E-state index is 13.2. The van der Waals surface area contributed by atoms with Gasteiger partial charge in [0.1, 0.15) is 5.82 Å². The Kier molecular flexibility index (Phi) is 3.34. The third-order valence-corrected chi connectivity index (χ3v) is 3.46. The Balaban J connectivity index is 2.56. The van der Waals surface area contributed by atoms with E-state index < -0.39 is 0 Å². The van der Waals surface area contributed by atoms with Crippen molar-refractivity contribution >= 4 is 33.0 Å². The molecule has 0 radical (unpaired) electrons. The average molecular weight is 309 g/mol. The number of rotatable bonds is 2. The van der Waals surface area contributed by atoms with Crippen LogP contribution in [0.2, 0.25) is 0 Å². The molecule has 6 N–H and O–H groups in total. The molecule has 0 aliphatic rings. The van der Waals surface area contributed by atoms with Gasteiger partial charge in [0, 0.05) is 16.9 Å². The van der Waals surface area contributed by atoms with Gasteiger partial charge in [0.05, 0.1) is 10.0 Å². The number of hydrogen-bond donors (Lipinski definition) is 3. The molecular formula is C13H12BrFN3+. The van der Waals surface area contributed by atoms with Gasteiger partial charge in [-0.15, -0.1) is 0 Å². The summed E-state index contributed by atoms with van der Waals surface area (Å²) in [5, 5.41) is 6.04. The molecular weight excluding hydrogens is 297 g/mol. The molecule has 0 atom stereocenters. The lowest BCUT2D eigenvalue weighted by molar-refractivity contribution is -0.111. The zero-order chi connectivity index (χ0) is 13.3. The zero-order valence-corrected chi connectivity index (χ0v) is 11.0. The van der Waals surface area contributed by atoms with Gasteiger partial charge in [-0.1, -0.05) is 6.07 Å². The first-order valence-electron chi connectivity index (χ1n) is 5.23. The molecule has 2 rings (SSSR count). The Morgan fingerprint density at radius 2 is 1.78 bits per heavy atom. The maximum atomic E-state index is 13.2. The van der Waals surface area contributed by atoms with Crippen LogP contribution in [0.15, 0.2) is 40.9 Å². The summed E-state index contributed by atoms with van der Waals surface area (Å²) in [6, 6.07) is 9.36. The van der Waals surface area contributed by atoms with Crippen LogP contribution in [0.25, 0.3) is 0 Å². The Hall–Kier alpha value is -1.88. The third-order valence-electron chi connectivity index (χ3n) is 2.61. The second-order valence-corrected chi connectivity index (χ2v) is 4.65. The highest BCUT2D eigenvalue weighted by Crippen LogP contribution is 2.30. The number of nitrogen functional groups attached to an aromatic ring is 2. The van der Waals surface area contributed by atoms with Crippen molar-refractivity contribution in [3.63, 3.8) is 0 Å². The zero-order valence-electron chi connectivity index (χ0n) is 9.45. The summed E-state index contributed by atoms with van der Waals surface area (Å²) in [6.07, 6.45) is 0. The second kappa shape index (κ2) is 4.78. The van der Waals surface area contributed by atoms with E-state index in [0.717, 1.165) is 0 Å². The van der Waals surface area contributed by atoms with Gasteiger partial charge in [-0.2, -0.15) is 0 Å². The van der Waals surface area contributed by atoms with Crippen LogP contribution in [-0.2, 0) is 0 Å². The molecule has 0 unspecified atom stereocenters. The van der Waals surface area contributed by atoms with Crippen molar-refractivity contribution in [2.45, 2.75) is 0 Å². The molecule has 0 bridgehead atoms. The molecule has 0 aliphatic heterocycles. The Bertz CT molecular complexity index is 626. The van der Waals surface area contributed by atoms with Crippen LogP contribution in [0.1, 0.15) is 11.1 Å². The molecule has 5 heteroatoms. The van der Waals surface area contributed by atoms with E-state index in [1.54, 1.807) is 24.3 Å². The number of hydrogen-bond acceptors (Lipinski definition) is 2. The van der Waals surface area contributed by atoms with Crippen LogP contribution in [0.4, 0.5) is 15.8 Å². The van der Waals surface area contributed by atoms with Crippen molar-refractivity contribution in [2.24, 2.45) is 0 Å². The normalized spacial score (nSPS) is 10.3. The fraction of sp³-hybridized carbons (Fsp3) is 0. The second-order valence-electron chi connectivity index (χ2n) is 3.86. The topological polar surface area (TPSA) is 77.6 Å². The predicted octanol–water partition coefficient (Wildman–Crippen LogP) is 1.35. The highest BCUT2D eigenvalue weighted by atomic mass is 79.9. The molecule has 0 spiro atoms. The largest absolute Gasteiger partial charge is 0.398 e. The van der Waals surface area contributed by atoms with Gasteiger partial charge in [-0.3, -0.25) is 5.41 Å². The molecule has 0 fully saturated rings. The molecule has 0 aliphatic carbocycles. The summed E-state index contributed by atoms with van der Waals surface area (Å²) in [5.74, 6) is -0.353. The van der Waals surface area contributed by atoms with Crippen molar-refractivity contribution in [3.8, 4) is 0 Å². The van der Waals surface area contributed by atoms with E-state index in [-0.39, 0.29) is 5.82 Å². The minimum atomic E-state index is -0.353.